The molecule has 1 aliphatic rings. The third kappa shape index (κ3) is 3.65. The number of hydrogen-bond donors (Lipinski definition) is 0. The summed E-state index contributed by atoms with van der Waals surface area (Å²) in [6.07, 6.45) is 1.20. The molecule has 0 amide bonds. The van der Waals surface area contributed by atoms with Gasteiger partial charge in [-0.2, -0.15) is 0 Å². The normalized spacial score (nSPS) is 15.6. The van der Waals surface area contributed by atoms with E-state index in [9.17, 15) is 12.8 Å². The van der Waals surface area contributed by atoms with E-state index >= 15 is 0 Å². The van der Waals surface area contributed by atoms with E-state index in [-0.39, 0.29) is 5.82 Å². The first-order chi connectivity index (χ1) is 11.3. The van der Waals surface area contributed by atoms with Crippen LogP contribution in [0.25, 0.3) is 0 Å². The Morgan fingerprint density at radius 1 is 0.958 bits per heavy atom. The monoisotopic (exact) mass is 368 g/mol. The third-order valence-corrected chi connectivity index (χ3v) is 5.59. The molecule has 0 N–H and O–H groups in total. The van der Waals surface area contributed by atoms with E-state index < -0.39 is 9.84 Å². The van der Waals surface area contributed by atoms with Crippen molar-refractivity contribution in [2.24, 2.45) is 0 Å². The van der Waals surface area contributed by atoms with Gasteiger partial charge in [0.25, 0.3) is 0 Å². The molecule has 0 unspecified atom stereocenters. The SMILES string of the molecule is CS(=O)(=O)c1ccc(N2CCN(c3ccc(F)cc3Cl)CC2)cc1. The van der Waals surface area contributed by atoms with Gasteiger partial charge in [0.15, 0.2) is 9.84 Å². The molecule has 1 heterocycles. The Balaban J connectivity index is 1.69. The van der Waals surface area contributed by atoms with Crippen molar-refractivity contribution < 1.29 is 12.8 Å². The quantitative estimate of drug-likeness (QED) is 0.834. The van der Waals surface area contributed by atoms with Crippen molar-refractivity contribution >= 4 is 32.8 Å². The summed E-state index contributed by atoms with van der Waals surface area (Å²) in [5.41, 5.74) is 1.83. The summed E-state index contributed by atoms with van der Waals surface area (Å²) >= 11 is 6.12. The van der Waals surface area contributed by atoms with E-state index in [1.807, 2.05) is 12.1 Å². The molecule has 0 aliphatic carbocycles. The van der Waals surface area contributed by atoms with Crippen LogP contribution < -0.4 is 9.80 Å². The van der Waals surface area contributed by atoms with E-state index in [0.29, 0.717) is 9.92 Å². The first-order valence-corrected chi connectivity index (χ1v) is 9.86. The van der Waals surface area contributed by atoms with Crippen LogP contribution in [0, 0.1) is 5.82 Å². The fraction of sp³-hybridized carbons (Fsp3) is 0.294. The van der Waals surface area contributed by atoms with E-state index in [2.05, 4.69) is 9.80 Å². The van der Waals surface area contributed by atoms with E-state index in [0.717, 1.165) is 37.6 Å². The van der Waals surface area contributed by atoms with Gasteiger partial charge in [-0.1, -0.05) is 11.6 Å². The molecule has 3 rings (SSSR count). The molecular formula is C17H18ClFN2O2S. The van der Waals surface area contributed by atoms with Gasteiger partial charge >= 0.3 is 0 Å². The second kappa shape index (κ2) is 6.61. The highest BCUT2D eigenvalue weighted by Gasteiger charge is 2.19. The van der Waals surface area contributed by atoms with Crippen LogP contribution in [0.5, 0.6) is 0 Å². The van der Waals surface area contributed by atoms with E-state index in [1.54, 1.807) is 18.2 Å². The summed E-state index contributed by atoms with van der Waals surface area (Å²) < 4.78 is 36.2. The molecule has 0 spiro atoms. The minimum atomic E-state index is -3.18. The van der Waals surface area contributed by atoms with Gasteiger partial charge in [-0.25, -0.2) is 12.8 Å². The van der Waals surface area contributed by atoms with Crippen LogP contribution in [0.1, 0.15) is 0 Å². The fourth-order valence-corrected chi connectivity index (χ4v) is 3.76. The number of hydrogen-bond acceptors (Lipinski definition) is 4. The van der Waals surface area contributed by atoms with Crippen molar-refractivity contribution in [2.45, 2.75) is 4.90 Å². The second-order valence-electron chi connectivity index (χ2n) is 5.84. The van der Waals surface area contributed by atoms with Crippen LogP contribution in [0.4, 0.5) is 15.8 Å². The minimum Gasteiger partial charge on any atom is -0.368 e. The number of rotatable bonds is 3. The lowest BCUT2D eigenvalue weighted by Crippen LogP contribution is -2.46. The van der Waals surface area contributed by atoms with Crippen LogP contribution in [0.15, 0.2) is 47.4 Å². The van der Waals surface area contributed by atoms with Crippen molar-refractivity contribution in [1.82, 2.24) is 0 Å². The Bertz CT molecular complexity index is 832. The van der Waals surface area contributed by atoms with Gasteiger partial charge in [-0.15, -0.1) is 0 Å². The van der Waals surface area contributed by atoms with Crippen molar-refractivity contribution in [2.75, 3.05) is 42.2 Å². The Labute approximate surface area is 146 Å². The zero-order valence-electron chi connectivity index (χ0n) is 13.2. The molecule has 1 saturated heterocycles. The van der Waals surface area contributed by atoms with Crippen LogP contribution in [0.2, 0.25) is 5.02 Å². The van der Waals surface area contributed by atoms with E-state index in [1.165, 1.54) is 18.4 Å². The summed E-state index contributed by atoms with van der Waals surface area (Å²) in [6, 6.07) is 11.4. The van der Waals surface area contributed by atoms with E-state index in [4.69, 9.17) is 11.6 Å². The maximum absolute atomic E-state index is 13.2. The van der Waals surface area contributed by atoms with Crippen LogP contribution >= 0.6 is 11.6 Å². The molecule has 7 heteroatoms. The first-order valence-electron chi connectivity index (χ1n) is 7.60. The average Bonchev–Trinajstić information content (AvgIpc) is 2.54. The van der Waals surface area contributed by atoms with Gasteiger partial charge in [-0.05, 0) is 42.5 Å². The zero-order chi connectivity index (χ0) is 17.3. The number of halogens is 2. The molecular weight excluding hydrogens is 351 g/mol. The predicted octanol–water partition coefficient (Wildman–Crippen LogP) is 3.21. The lowest BCUT2D eigenvalue weighted by molar-refractivity contribution is 0.602. The number of anilines is 2. The number of nitrogens with zero attached hydrogens (tertiary/aromatic N) is 2. The number of benzene rings is 2. The zero-order valence-corrected chi connectivity index (χ0v) is 14.8. The number of piperazine rings is 1. The molecule has 0 radical (unpaired) electrons. The molecule has 1 aliphatic heterocycles. The molecule has 0 aromatic heterocycles. The first kappa shape index (κ1) is 17.0. The lowest BCUT2D eigenvalue weighted by Gasteiger charge is -2.37. The van der Waals surface area contributed by atoms with Crippen molar-refractivity contribution in [1.29, 1.82) is 0 Å². The summed E-state index contributed by atoms with van der Waals surface area (Å²) in [4.78, 5) is 4.64. The molecule has 0 saturated carbocycles. The van der Waals surface area contributed by atoms with Gasteiger partial charge in [0.05, 0.1) is 15.6 Å². The Morgan fingerprint density at radius 2 is 1.54 bits per heavy atom. The maximum Gasteiger partial charge on any atom is 0.175 e. The van der Waals surface area contributed by atoms with Crippen LogP contribution in [-0.4, -0.2) is 40.9 Å². The Morgan fingerprint density at radius 3 is 2.08 bits per heavy atom. The third-order valence-electron chi connectivity index (χ3n) is 4.16. The standard InChI is InChI=1S/C17H18ClFN2O2S/c1-24(22,23)15-5-3-14(4-6-15)20-8-10-21(11-9-20)17-7-2-13(19)12-16(17)18/h2-7,12H,8-11H2,1H3. The summed E-state index contributed by atoms with van der Waals surface area (Å²) in [5.74, 6) is -0.339. The highest BCUT2D eigenvalue weighted by molar-refractivity contribution is 7.90. The molecule has 0 bridgehead atoms. The van der Waals surface area contributed by atoms with Crippen LogP contribution in [-0.2, 0) is 9.84 Å². The molecule has 128 valence electrons. The largest absolute Gasteiger partial charge is 0.368 e. The van der Waals surface area contributed by atoms with Gasteiger partial charge < -0.3 is 9.80 Å². The predicted molar refractivity (Wildman–Crippen MR) is 95.4 cm³/mol. The minimum absolute atomic E-state index is 0.322. The Kier molecular flexibility index (Phi) is 4.69. The topological polar surface area (TPSA) is 40.6 Å². The highest BCUT2D eigenvalue weighted by atomic mass is 35.5. The summed E-state index contributed by atoms with van der Waals surface area (Å²) in [7, 11) is -3.18. The molecule has 1 fully saturated rings. The molecule has 4 nitrogen and oxygen atoms in total. The van der Waals surface area contributed by atoms with Gasteiger partial charge in [0, 0.05) is 38.1 Å². The van der Waals surface area contributed by atoms with Crippen molar-refractivity contribution in [3.05, 3.63) is 53.3 Å². The van der Waals surface area contributed by atoms with Gasteiger partial charge in [-0.3, -0.25) is 0 Å². The fourth-order valence-electron chi connectivity index (χ4n) is 2.85. The lowest BCUT2D eigenvalue weighted by atomic mass is 10.2. The van der Waals surface area contributed by atoms with Crippen molar-refractivity contribution in [3.63, 3.8) is 0 Å². The average molecular weight is 369 g/mol. The van der Waals surface area contributed by atoms with Gasteiger partial charge in [0.1, 0.15) is 5.82 Å². The Hall–Kier alpha value is -1.79. The second-order valence-corrected chi connectivity index (χ2v) is 8.26. The molecule has 0 atom stereocenters. The molecule has 2 aromatic carbocycles. The smallest absolute Gasteiger partial charge is 0.175 e. The summed E-state index contributed by atoms with van der Waals surface area (Å²) in [5, 5.41) is 0.418. The molecule has 24 heavy (non-hydrogen) atoms. The van der Waals surface area contributed by atoms with Crippen LogP contribution in [0.3, 0.4) is 0 Å². The van der Waals surface area contributed by atoms with Gasteiger partial charge in [0.2, 0.25) is 0 Å². The van der Waals surface area contributed by atoms with Crippen molar-refractivity contribution in [3.8, 4) is 0 Å². The summed E-state index contributed by atoms with van der Waals surface area (Å²) in [6.45, 7) is 3.09. The molecule has 2 aromatic rings. The maximum atomic E-state index is 13.2. The highest BCUT2D eigenvalue weighted by Crippen LogP contribution is 2.28. The number of sulfone groups is 1.